The first-order valence-electron chi connectivity index (χ1n) is 11.3. The molecule has 1 aliphatic rings. The zero-order valence-corrected chi connectivity index (χ0v) is 19.5. The summed E-state index contributed by atoms with van der Waals surface area (Å²) in [6.07, 6.45) is 4.76. The molecule has 4 aromatic heterocycles. The molecule has 5 rings (SSSR count). The Hall–Kier alpha value is -4.58. The quantitative estimate of drug-likeness (QED) is 0.355. The molecule has 0 bridgehead atoms. The number of nitrogens with one attached hydrogen (secondary N) is 3. The predicted molar refractivity (Wildman–Crippen MR) is 131 cm³/mol. The summed E-state index contributed by atoms with van der Waals surface area (Å²) in [5.41, 5.74) is 0.464. The number of carbonyl (C=O) groups excluding carboxylic acids is 2. The molecule has 0 aliphatic heterocycles. The molecular weight excluding hydrogens is 466 g/mol. The molecule has 1 fully saturated rings. The number of aromatic nitrogens is 4. The van der Waals surface area contributed by atoms with Crippen molar-refractivity contribution < 1.29 is 18.8 Å². The summed E-state index contributed by atoms with van der Waals surface area (Å²) < 4.78 is 12.0. The minimum atomic E-state index is -0.500. The van der Waals surface area contributed by atoms with E-state index in [0.717, 1.165) is 12.8 Å². The van der Waals surface area contributed by atoms with E-state index in [9.17, 15) is 14.4 Å². The lowest BCUT2D eigenvalue weighted by Crippen LogP contribution is -2.51. The highest BCUT2D eigenvalue weighted by Crippen LogP contribution is 2.29. The van der Waals surface area contributed by atoms with Crippen LogP contribution in [0, 0.1) is 0 Å². The Morgan fingerprint density at radius 1 is 1.14 bits per heavy atom. The Balaban J connectivity index is 1.52. The van der Waals surface area contributed by atoms with Gasteiger partial charge in [0.25, 0.3) is 11.5 Å². The number of rotatable bonds is 7. The van der Waals surface area contributed by atoms with Crippen LogP contribution in [0.3, 0.4) is 0 Å². The van der Waals surface area contributed by atoms with E-state index < -0.39 is 5.91 Å². The second kappa shape index (κ2) is 9.58. The van der Waals surface area contributed by atoms with E-state index >= 15 is 0 Å². The fraction of sp³-hybridized carbons (Fsp3) is 0.250. The minimum absolute atomic E-state index is 0.0670. The van der Waals surface area contributed by atoms with Gasteiger partial charge in [-0.3, -0.25) is 19.0 Å². The molecule has 0 spiro atoms. The van der Waals surface area contributed by atoms with Crippen LogP contribution in [0.2, 0.25) is 0 Å². The van der Waals surface area contributed by atoms with Crippen molar-refractivity contribution >= 4 is 40.0 Å². The van der Waals surface area contributed by atoms with E-state index in [1.165, 1.54) is 17.6 Å². The van der Waals surface area contributed by atoms with Crippen molar-refractivity contribution in [3.8, 4) is 5.82 Å². The van der Waals surface area contributed by atoms with E-state index in [1.54, 1.807) is 49.8 Å². The summed E-state index contributed by atoms with van der Waals surface area (Å²) in [5, 5.41) is 12.5. The second-order valence-electron chi connectivity index (χ2n) is 8.29. The van der Waals surface area contributed by atoms with E-state index in [0.29, 0.717) is 5.82 Å². The number of amides is 2. The highest BCUT2D eigenvalue weighted by molar-refractivity contribution is 6.07. The van der Waals surface area contributed by atoms with Crippen molar-refractivity contribution in [3.05, 3.63) is 64.9 Å². The van der Waals surface area contributed by atoms with Crippen molar-refractivity contribution in [2.24, 2.45) is 0 Å². The zero-order valence-electron chi connectivity index (χ0n) is 19.5. The highest BCUT2D eigenvalue weighted by atomic mass is 16.5. The Labute approximate surface area is 204 Å². The smallest absolute Gasteiger partial charge is 0.292 e. The summed E-state index contributed by atoms with van der Waals surface area (Å²) in [6, 6.07) is 9.89. The van der Waals surface area contributed by atoms with Crippen LogP contribution in [0.5, 0.6) is 0 Å². The summed E-state index contributed by atoms with van der Waals surface area (Å²) in [4.78, 5) is 46.5. The number of anilines is 3. The van der Waals surface area contributed by atoms with E-state index in [2.05, 4.69) is 31.1 Å². The minimum Gasteiger partial charge on any atom is -0.379 e. The van der Waals surface area contributed by atoms with Gasteiger partial charge in [0.1, 0.15) is 22.8 Å². The predicted octanol–water partition coefficient (Wildman–Crippen LogP) is 2.38. The van der Waals surface area contributed by atoms with Crippen molar-refractivity contribution in [2.75, 3.05) is 17.7 Å². The lowest BCUT2D eigenvalue weighted by Gasteiger charge is -2.35. The third-order valence-electron chi connectivity index (χ3n) is 5.89. The van der Waals surface area contributed by atoms with Crippen LogP contribution in [0.15, 0.2) is 58.1 Å². The van der Waals surface area contributed by atoms with Crippen molar-refractivity contribution in [1.82, 2.24) is 25.0 Å². The maximum Gasteiger partial charge on any atom is 0.292 e. The molecule has 0 saturated heterocycles. The first-order chi connectivity index (χ1) is 17.4. The topological polar surface area (TPSA) is 153 Å². The molecule has 3 N–H and O–H groups in total. The number of carbonyl (C=O) groups is 2. The number of hydrogen-bond acceptors (Lipinski definition) is 9. The van der Waals surface area contributed by atoms with Gasteiger partial charge >= 0.3 is 0 Å². The number of pyridine rings is 3. The van der Waals surface area contributed by atoms with Crippen LogP contribution in [0.25, 0.3) is 16.9 Å². The summed E-state index contributed by atoms with van der Waals surface area (Å²) in [6.45, 7) is 1.34. The molecule has 1 saturated carbocycles. The molecule has 12 nitrogen and oxygen atoms in total. The normalized spacial score (nSPS) is 16.8. The molecule has 0 radical (unpaired) electrons. The van der Waals surface area contributed by atoms with E-state index in [4.69, 9.17) is 9.26 Å². The maximum atomic E-state index is 13.1. The van der Waals surface area contributed by atoms with Crippen LogP contribution in [0.4, 0.5) is 17.2 Å². The van der Waals surface area contributed by atoms with Gasteiger partial charge in [-0.1, -0.05) is 11.2 Å². The van der Waals surface area contributed by atoms with Crippen LogP contribution in [-0.4, -0.2) is 50.8 Å². The molecule has 1 aliphatic carbocycles. The zero-order chi connectivity index (χ0) is 25.2. The largest absolute Gasteiger partial charge is 0.379 e. The number of nitrogens with zero attached hydrogens (tertiary/aromatic N) is 4. The number of hydrogen-bond donors (Lipinski definition) is 3. The fourth-order valence-electron chi connectivity index (χ4n) is 3.98. The van der Waals surface area contributed by atoms with Crippen LogP contribution >= 0.6 is 0 Å². The number of ether oxygens (including phenoxy) is 1. The van der Waals surface area contributed by atoms with Crippen LogP contribution in [0.1, 0.15) is 30.3 Å². The van der Waals surface area contributed by atoms with E-state index in [-0.39, 0.29) is 57.6 Å². The molecule has 2 atom stereocenters. The van der Waals surface area contributed by atoms with Crippen LogP contribution in [-0.2, 0) is 9.53 Å². The summed E-state index contributed by atoms with van der Waals surface area (Å²) in [5.74, 6) is -0.299. The van der Waals surface area contributed by atoms with Gasteiger partial charge in [-0.2, -0.15) is 0 Å². The van der Waals surface area contributed by atoms with Crippen molar-refractivity contribution in [2.45, 2.75) is 31.9 Å². The monoisotopic (exact) mass is 489 g/mol. The molecule has 0 unspecified atom stereocenters. The number of fused-ring (bicyclic) bond motifs is 1. The molecule has 36 heavy (non-hydrogen) atoms. The maximum absolute atomic E-state index is 13.1. The van der Waals surface area contributed by atoms with Gasteiger partial charge in [0.05, 0.1) is 17.8 Å². The lowest BCUT2D eigenvalue weighted by atomic mass is 9.89. The Morgan fingerprint density at radius 3 is 2.69 bits per heavy atom. The Morgan fingerprint density at radius 2 is 2.00 bits per heavy atom. The van der Waals surface area contributed by atoms with Gasteiger partial charge in [0.15, 0.2) is 5.52 Å². The second-order valence-corrected chi connectivity index (χ2v) is 8.29. The third-order valence-corrected chi connectivity index (χ3v) is 5.89. The lowest BCUT2D eigenvalue weighted by molar-refractivity contribution is -0.114. The molecular formula is C24H23N7O5. The van der Waals surface area contributed by atoms with Gasteiger partial charge in [0.2, 0.25) is 11.7 Å². The molecule has 0 aromatic carbocycles. The first kappa shape index (κ1) is 23.2. The standard InChI is InChI=1S/C24H23N7O5/c1-13(32)26-16-12-18(27-15-6-5-11-31(24(15)34)19-7-3-4-10-25-19)29-21-20(16)30-36-22(21)23(33)28-14-8-9-17(14)35-2/h3-7,10-12,14,17H,8-9H2,1-2H3,(H,26,32)(H,27,29)(H,28,33)/t14-,17-/m1/s1. The Bertz CT molecular complexity index is 1500. The third kappa shape index (κ3) is 4.41. The Kier molecular flexibility index (Phi) is 6.17. The summed E-state index contributed by atoms with van der Waals surface area (Å²) >= 11 is 0. The van der Waals surface area contributed by atoms with Gasteiger partial charge in [0, 0.05) is 32.5 Å². The van der Waals surface area contributed by atoms with Crippen molar-refractivity contribution in [1.29, 1.82) is 0 Å². The SMILES string of the molecule is CO[C@@H]1CC[C@H]1NC(=O)c1onc2c(NC(C)=O)cc(Nc3cccn(-c4ccccn4)c3=O)nc12. The number of methoxy groups -OCH3 is 1. The highest BCUT2D eigenvalue weighted by Gasteiger charge is 2.34. The first-order valence-corrected chi connectivity index (χ1v) is 11.3. The van der Waals surface area contributed by atoms with Gasteiger partial charge < -0.3 is 25.2 Å². The molecule has 4 aromatic rings. The van der Waals surface area contributed by atoms with Gasteiger partial charge in [-0.05, 0) is 37.1 Å². The average Bonchev–Trinajstić information content (AvgIpc) is 3.28. The molecule has 2 amide bonds. The molecule has 4 heterocycles. The molecule has 12 heteroatoms. The van der Waals surface area contributed by atoms with E-state index in [1.807, 2.05) is 0 Å². The average molecular weight is 489 g/mol. The molecule has 184 valence electrons. The van der Waals surface area contributed by atoms with Gasteiger partial charge in [-0.15, -0.1) is 0 Å². The van der Waals surface area contributed by atoms with Crippen LogP contribution < -0.4 is 21.5 Å². The van der Waals surface area contributed by atoms with Gasteiger partial charge in [-0.25, -0.2) is 9.97 Å². The fourth-order valence-corrected chi connectivity index (χ4v) is 3.98. The van der Waals surface area contributed by atoms with Crippen molar-refractivity contribution in [3.63, 3.8) is 0 Å². The summed E-state index contributed by atoms with van der Waals surface area (Å²) in [7, 11) is 1.59.